The number of methoxy groups -OCH3 is 1. The van der Waals surface area contributed by atoms with Gasteiger partial charge in [-0.3, -0.25) is 4.79 Å². The summed E-state index contributed by atoms with van der Waals surface area (Å²) in [5, 5.41) is 3.56. The molecule has 0 atom stereocenters. The maximum atomic E-state index is 10.9. The van der Waals surface area contributed by atoms with Gasteiger partial charge < -0.3 is 14.8 Å². The van der Waals surface area contributed by atoms with E-state index in [0.717, 1.165) is 25.8 Å². The number of nitrogens with one attached hydrogen (secondary N) is 1. The van der Waals surface area contributed by atoms with Crippen LogP contribution in [0.4, 0.5) is 0 Å². The lowest BCUT2D eigenvalue weighted by Crippen LogP contribution is -2.35. The first kappa shape index (κ1) is 15.4. The van der Waals surface area contributed by atoms with Crippen molar-refractivity contribution in [1.29, 1.82) is 0 Å². The third kappa shape index (κ3) is 6.36. The molecule has 1 fully saturated rings. The summed E-state index contributed by atoms with van der Waals surface area (Å²) in [5.41, 5.74) is 0. The van der Waals surface area contributed by atoms with Crippen molar-refractivity contribution in [3.05, 3.63) is 0 Å². The second kappa shape index (κ2) is 9.34. The van der Waals surface area contributed by atoms with E-state index in [2.05, 4.69) is 17.0 Å². The highest BCUT2D eigenvalue weighted by atomic mass is 16.5. The Hall–Kier alpha value is -0.610. The van der Waals surface area contributed by atoms with Gasteiger partial charge in [-0.2, -0.15) is 0 Å². The Kier molecular flexibility index (Phi) is 8.01. The maximum Gasteiger partial charge on any atom is 0.305 e. The predicted molar refractivity (Wildman–Crippen MR) is 71.5 cm³/mol. The summed E-state index contributed by atoms with van der Waals surface area (Å²) >= 11 is 0. The van der Waals surface area contributed by atoms with Crippen molar-refractivity contribution in [1.82, 2.24) is 5.32 Å². The van der Waals surface area contributed by atoms with Crippen LogP contribution in [0.2, 0.25) is 0 Å². The van der Waals surface area contributed by atoms with Crippen molar-refractivity contribution in [2.75, 3.05) is 20.3 Å². The van der Waals surface area contributed by atoms with Gasteiger partial charge in [0.15, 0.2) is 0 Å². The van der Waals surface area contributed by atoms with Gasteiger partial charge >= 0.3 is 5.97 Å². The molecule has 0 heterocycles. The molecule has 0 unspecified atom stereocenters. The molecule has 4 nitrogen and oxygen atoms in total. The third-order valence-electron chi connectivity index (χ3n) is 3.46. The van der Waals surface area contributed by atoms with Crippen molar-refractivity contribution >= 4 is 5.97 Å². The highest BCUT2D eigenvalue weighted by molar-refractivity contribution is 5.68. The monoisotopic (exact) mass is 257 g/mol. The fraction of sp³-hybridized carbons (Fsp3) is 0.929. The number of ether oxygens (including phenoxy) is 2. The highest BCUT2D eigenvalue weighted by Gasteiger charge is 2.20. The third-order valence-corrected chi connectivity index (χ3v) is 3.46. The molecule has 1 aliphatic carbocycles. The van der Waals surface area contributed by atoms with Crippen molar-refractivity contribution in [3.63, 3.8) is 0 Å². The Morgan fingerprint density at radius 1 is 1.28 bits per heavy atom. The molecule has 0 aromatic rings. The van der Waals surface area contributed by atoms with Crippen LogP contribution < -0.4 is 5.32 Å². The van der Waals surface area contributed by atoms with E-state index in [-0.39, 0.29) is 5.97 Å². The highest BCUT2D eigenvalue weighted by Crippen LogP contribution is 2.21. The number of carbonyl (C=O) groups excluding carboxylic acids is 1. The van der Waals surface area contributed by atoms with Gasteiger partial charge in [0.25, 0.3) is 0 Å². The van der Waals surface area contributed by atoms with Gasteiger partial charge in [0.2, 0.25) is 0 Å². The van der Waals surface area contributed by atoms with Crippen LogP contribution in [0.25, 0.3) is 0 Å². The Bertz CT molecular complexity index is 225. The molecule has 1 saturated carbocycles. The molecule has 0 saturated heterocycles. The molecule has 106 valence electrons. The van der Waals surface area contributed by atoms with Gasteiger partial charge in [-0.25, -0.2) is 0 Å². The van der Waals surface area contributed by atoms with E-state index in [1.807, 2.05) is 0 Å². The summed E-state index contributed by atoms with van der Waals surface area (Å²) < 4.78 is 10.4. The minimum atomic E-state index is -0.147. The molecule has 1 N–H and O–H groups in total. The van der Waals surface area contributed by atoms with E-state index in [1.54, 1.807) is 0 Å². The molecule has 0 spiro atoms. The van der Waals surface area contributed by atoms with E-state index in [0.29, 0.717) is 25.2 Å². The van der Waals surface area contributed by atoms with Crippen molar-refractivity contribution in [2.24, 2.45) is 0 Å². The van der Waals surface area contributed by atoms with Crippen molar-refractivity contribution in [2.45, 2.75) is 64.0 Å². The van der Waals surface area contributed by atoms with E-state index >= 15 is 0 Å². The molecule has 18 heavy (non-hydrogen) atoms. The van der Waals surface area contributed by atoms with Crippen LogP contribution in [-0.4, -0.2) is 38.4 Å². The van der Waals surface area contributed by atoms with Crippen LogP contribution in [0.15, 0.2) is 0 Å². The van der Waals surface area contributed by atoms with Crippen LogP contribution in [-0.2, 0) is 14.3 Å². The Morgan fingerprint density at radius 2 is 2.00 bits per heavy atom. The summed E-state index contributed by atoms with van der Waals surface area (Å²) in [6, 6.07) is 0.680. The Morgan fingerprint density at radius 3 is 2.61 bits per heavy atom. The van der Waals surface area contributed by atoms with E-state index in [9.17, 15) is 4.79 Å². The maximum absolute atomic E-state index is 10.9. The normalized spacial score (nSPS) is 23.9. The quantitative estimate of drug-likeness (QED) is 0.535. The smallest absolute Gasteiger partial charge is 0.305 e. The summed E-state index contributed by atoms with van der Waals surface area (Å²) in [6.07, 6.45) is 7.51. The minimum absolute atomic E-state index is 0.147. The molecule has 1 rings (SSSR count). The zero-order valence-electron chi connectivity index (χ0n) is 11.7. The summed E-state index contributed by atoms with van der Waals surface area (Å²) in [7, 11) is 1.42. The van der Waals surface area contributed by atoms with Gasteiger partial charge in [-0.05, 0) is 45.1 Å². The van der Waals surface area contributed by atoms with Gasteiger partial charge in [-0.15, -0.1) is 0 Å². The molecule has 4 heteroatoms. The average molecular weight is 257 g/mol. The number of hydrogen-bond acceptors (Lipinski definition) is 4. The van der Waals surface area contributed by atoms with Gasteiger partial charge in [0.1, 0.15) is 0 Å². The molecule has 0 aromatic heterocycles. The minimum Gasteiger partial charge on any atom is -0.469 e. The van der Waals surface area contributed by atoms with Gasteiger partial charge in [0, 0.05) is 19.1 Å². The van der Waals surface area contributed by atoms with E-state index < -0.39 is 0 Å². The number of hydrogen-bond donors (Lipinski definition) is 1. The summed E-state index contributed by atoms with van der Waals surface area (Å²) in [6.45, 7) is 3.99. The number of esters is 1. The van der Waals surface area contributed by atoms with Crippen LogP contribution in [0.1, 0.15) is 51.9 Å². The SMILES string of the molecule is CCCNC1CCC(OCCCC(=O)OC)CC1. The van der Waals surface area contributed by atoms with Crippen molar-refractivity contribution < 1.29 is 14.3 Å². The van der Waals surface area contributed by atoms with Gasteiger partial charge in [0.05, 0.1) is 13.2 Å². The fourth-order valence-corrected chi connectivity index (χ4v) is 2.35. The zero-order valence-corrected chi connectivity index (χ0v) is 11.7. The van der Waals surface area contributed by atoms with Crippen LogP contribution in [0.3, 0.4) is 0 Å². The standard InChI is InChI=1S/C14H27NO3/c1-3-10-15-12-6-8-13(9-7-12)18-11-4-5-14(16)17-2/h12-13,15H,3-11H2,1-2H3. The molecular formula is C14H27NO3. The topological polar surface area (TPSA) is 47.6 Å². The van der Waals surface area contributed by atoms with Crippen LogP contribution in [0.5, 0.6) is 0 Å². The average Bonchev–Trinajstić information content (AvgIpc) is 2.42. The molecule has 0 radical (unpaired) electrons. The molecule has 0 amide bonds. The molecule has 0 aromatic carbocycles. The van der Waals surface area contributed by atoms with Crippen LogP contribution in [0, 0.1) is 0 Å². The van der Waals surface area contributed by atoms with Crippen LogP contribution >= 0.6 is 0 Å². The first-order chi connectivity index (χ1) is 8.76. The molecule has 0 bridgehead atoms. The van der Waals surface area contributed by atoms with Crippen molar-refractivity contribution in [3.8, 4) is 0 Å². The number of rotatable bonds is 8. The van der Waals surface area contributed by atoms with Gasteiger partial charge in [-0.1, -0.05) is 6.92 Å². The lowest BCUT2D eigenvalue weighted by molar-refractivity contribution is -0.141. The Balaban J connectivity index is 2.00. The summed E-state index contributed by atoms with van der Waals surface area (Å²) in [4.78, 5) is 10.9. The molecular weight excluding hydrogens is 230 g/mol. The number of carbonyl (C=O) groups is 1. The second-order valence-corrected chi connectivity index (χ2v) is 4.98. The zero-order chi connectivity index (χ0) is 13.2. The largest absolute Gasteiger partial charge is 0.469 e. The molecule has 0 aliphatic heterocycles. The van der Waals surface area contributed by atoms with E-state index in [4.69, 9.17) is 4.74 Å². The lowest BCUT2D eigenvalue weighted by Gasteiger charge is -2.29. The van der Waals surface area contributed by atoms with E-state index in [1.165, 1.54) is 26.4 Å². The first-order valence-electron chi connectivity index (χ1n) is 7.18. The molecule has 1 aliphatic rings. The predicted octanol–water partition coefficient (Wildman–Crippen LogP) is 2.27. The first-order valence-corrected chi connectivity index (χ1v) is 7.18. The summed E-state index contributed by atoms with van der Waals surface area (Å²) in [5.74, 6) is -0.147. The Labute approximate surface area is 110 Å². The fourth-order valence-electron chi connectivity index (χ4n) is 2.35. The lowest BCUT2D eigenvalue weighted by atomic mass is 9.93. The second-order valence-electron chi connectivity index (χ2n) is 4.98.